The molecule has 1 atom stereocenters. The van der Waals surface area contributed by atoms with Gasteiger partial charge in [-0.05, 0) is 59.3 Å². The van der Waals surface area contributed by atoms with Crippen LogP contribution >= 0.6 is 15.9 Å². The number of amides is 1. The first kappa shape index (κ1) is 12.7. The standard InChI is InChI=1S/C13H13BrN2O2/c1-8(11-6-7-12(14)18-11)16-10-4-2-9(3-5-10)13(15)17/h2-8,16H,1H3,(H2,15,17). The monoisotopic (exact) mass is 308 g/mol. The summed E-state index contributed by atoms with van der Waals surface area (Å²) in [5, 5.41) is 3.27. The molecule has 1 amide bonds. The number of nitrogens with two attached hydrogens (primary N) is 1. The van der Waals surface area contributed by atoms with E-state index in [9.17, 15) is 4.79 Å². The second-order valence-corrected chi connectivity index (χ2v) is 4.73. The normalized spacial score (nSPS) is 12.1. The Morgan fingerprint density at radius 1 is 1.28 bits per heavy atom. The number of hydrogen-bond acceptors (Lipinski definition) is 3. The Labute approximate surface area is 113 Å². The van der Waals surface area contributed by atoms with Gasteiger partial charge in [0, 0.05) is 11.3 Å². The quantitative estimate of drug-likeness (QED) is 0.910. The molecule has 94 valence electrons. The zero-order chi connectivity index (χ0) is 13.1. The van der Waals surface area contributed by atoms with Crippen LogP contribution < -0.4 is 11.1 Å². The van der Waals surface area contributed by atoms with Crippen LogP contribution in [0.15, 0.2) is 45.5 Å². The van der Waals surface area contributed by atoms with E-state index in [0.717, 1.165) is 11.4 Å². The summed E-state index contributed by atoms with van der Waals surface area (Å²) in [6, 6.07) is 10.8. The maximum absolute atomic E-state index is 10.9. The van der Waals surface area contributed by atoms with Crippen molar-refractivity contribution in [2.45, 2.75) is 13.0 Å². The van der Waals surface area contributed by atoms with Crippen molar-refractivity contribution in [3.05, 3.63) is 52.4 Å². The van der Waals surface area contributed by atoms with Crippen LogP contribution in [-0.2, 0) is 0 Å². The van der Waals surface area contributed by atoms with Crippen molar-refractivity contribution in [2.24, 2.45) is 5.73 Å². The van der Waals surface area contributed by atoms with Gasteiger partial charge < -0.3 is 15.5 Å². The van der Waals surface area contributed by atoms with Crippen LogP contribution in [0.25, 0.3) is 0 Å². The van der Waals surface area contributed by atoms with Crippen molar-refractivity contribution >= 4 is 27.5 Å². The molecule has 0 aliphatic rings. The molecule has 1 heterocycles. The van der Waals surface area contributed by atoms with Crippen molar-refractivity contribution in [3.63, 3.8) is 0 Å². The molecule has 1 aromatic heterocycles. The zero-order valence-corrected chi connectivity index (χ0v) is 11.4. The minimum absolute atomic E-state index is 0.0377. The third kappa shape index (κ3) is 2.92. The summed E-state index contributed by atoms with van der Waals surface area (Å²) in [5.41, 5.74) is 6.58. The molecule has 0 radical (unpaired) electrons. The highest BCUT2D eigenvalue weighted by Gasteiger charge is 2.09. The minimum atomic E-state index is -0.426. The van der Waals surface area contributed by atoms with Crippen molar-refractivity contribution in [3.8, 4) is 0 Å². The Bertz CT molecular complexity index is 548. The minimum Gasteiger partial charge on any atom is -0.452 e. The summed E-state index contributed by atoms with van der Waals surface area (Å²) in [7, 11) is 0. The summed E-state index contributed by atoms with van der Waals surface area (Å²) in [5.74, 6) is 0.408. The number of primary amides is 1. The second kappa shape index (κ2) is 5.27. The van der Waals surface area contributed by atoms with E-state index >= 15 is 0 Å². The SMILES string of the molecule is CC(Nc1ccc(C(N)=O)cc1)c1ccc(Br)o1. The van der Waals surface area contributed by atoms with E-state index in [-0.39, 0.29) is 6.04 Å². The van der Waals surface area contributed by atoms with E-state index < -0.39 is 5.91 Å². The van der Waals surface area contributed by atoms with E-state index in [1.807, 2.05) is 31.2 Å². The van der Waals surface area contributed by atoms with E-state index in [1.165, 1.54) is 0 Å². The number of halogens is 1. The number of benzene rings is 1. The molecule has 1 unspecified atom stereocenters. The third-order valence-electron chi connectivity index (χ3n) is 2.57. The lowest BCUT2D eigenvalue weighted by Crippen LogP contribution is -2.11. The van der Waals surface area contributed by atoms with Gasteiger partial charge in [0.05, 0.1) is 6.04 Å². The van der Waals surface area contributed by atoms with Crippen molar-refractivity contribution < 1.29 is 9.21 Å². The first-order valence-electron chi connectivity index (χ1n) is 5.48. The lowest BCUT2D eigenvalue weighted by Gasteiger charge is -2.12. The lowest BCUT2D eigenvalue weighted by molar-refractivity contribution is 0.100. The van der Waals surface area contributed by atoms with Gasteiger partial charge in [0.25, 0.3) is 0 Å². The maximum atomic E-state index is 10.9. The van der Waals surface area contributed by atoms with Gasteiger partial charge in [-0.1, -0.05) is 0 Å². The molecule has 18 heavy (non-hydrogen) atoms. The molecule has 0 bridgehead atoms. The van der Waals surface area contributed by atoms with Crippen LogP contribution in [0.3, 0.4) is 0 Å². The Morgan fingerprint density at radius 3 is 2.44 bits per heavy atom. The van der Waals surface area contributed by atoms with Gasteiger partial charge in [-0.2, -0.15) is 0 Å². The molecule has 3 N–H and O–H groups in total. The van der Waals surface area contributed by atoms with Gasteiger partial charge in [0.2, 0.25) is 5.91 Å². The molecule has 0 aliphatic carbocycles. The number of rotatable bonds is 4. The fourth-order valence-electron chi connectivity index (χ4n) is 1.61. The van der Waals surface area contributed by atoms with Crippen LogP contribution in [0, 0.1) is 0 Å². The summed E-state index contributed by atoms with van der Waals surface area (Å²) in [4.78, 5) is 10.9. The Hall–Kier alpha value is -1.75. The highest BCUT2D eigenvalue weighted by atomic mass is 79.9. The largest absolute Gasteiger partial charge is 0.452 e. The van der Waals surface area contributed by atoms with E-state index in [2.05, 4.69) is 21.2 Å². The molecule has 0 fully saturated rings. The summed E-state index contributed by atoms with van der Waals surface area (Å²) in [6.45, 7) is 1.99. The fourth-order valence-corrected chi connectivity index (χ4v) is 1.93. The predicted molar refractivity (Wildman–Crippen MR) is 73.4 cm³/mol. The molecule has 0 spiro atoms. The van der Waals surface area contributed by atoms with Gasteiger partial charge in [0.1, 0.15) is 5.76 Å². The fraction of sp³-hybridized carbons (Fsp3) is 0.154. The molecular weight excluding hydrogens is 296 g/mol. The van der Waals surface area contributed by atoms with Crippen LogP contribution in [0.4, 0.5) is 5.69 Å². The van der Waals surface area contributed by atoms with E-state index in [4.69, 9.17) is 10.2 Å². The number of carbonyl (C=O) groups excluding carboxylic acids is 1. The predicted octanol–water partition coefficient (Wildman–Crippen LogP) is 3.31. The number of hydrogen-bond donors (Lipinski definition) is 2. The summed E-state index contributed by atoms with van der Waals surface area (Å²) >= 11 is 3.27. The second-order valence-electron chi connectivity index (χ2n) is 3.95. The number of carbonyl (C=O) groups is 1. The number of nitrogens with one attached hydrogen (secondary N) is 1. The average Bonchev–Trinajstić information content (AvgIpc) is 2.76. The third-order valence-corrected chi connectivity index (χ3v) is 3.00. The van der Waals surface area contributed by atoms with Crippen molar-refractivity contribution in [2.75, 3.05) is 5.32 Å². The molecule has 5 heteroatoms. The van der Waals surface area contributed by atoms with Crippen LogP contribution in [0.1, 0.15) is 29.1 Å². The van der Waals surface area contributed by atoms with E-state index in [0.29, 0.717) is 10.2 Å². The molecular formula is C13H13BrN2O2. The van der Waals surface area contributed by atoms with Crippen molar-refractivity contribution in [1.29, 1.82) is 0 Å². The Kier molecular flexibility index (Phi) is 3.72. The topological polar surface area (TPSA) is 68.3 Å². The van der Waals surface area contributed by atoms with Gasteiger partial charge in [0.15, 0.2) is 4.67 Å². The van der Waals surface area contributed by atoms with Crippen molar-refractivity contribution in [1.82, 2.24) is 0 Å². The Morgan fingerprint density at radius 2 is 1.94 bits per heavy atom. The van der Waals surface area contributed by atoms with Gasteiger partial charge in [-0.25, -0.2) is 0 Å². The smallest absolute Gasteiger partial charge is 0.248 e. The first-order chi connectivity index (χ1) is 8.56. The number of furan rings is 1. The molecule has 4 nitrogen and oxygen atoms in total. The molecule has 2 aromatic rings. The molecule has 2 rings (SSSR count). The molecule has 0 saturated heterocycles. The highest BCUT2D eigenvalue weighted by Crippen LogP contribution is 2.23. The molecule has 0 saturated carbocycles. The molecule has 1 aromatic carbocycles. The summed E-state index contributed by atoms with van der Waals surface area (Å²) < 4.78 is 6.16. The van der Waals surface area contributed by atoms with Crippen LogP contribution in [-0.4, -0.2) is 5.91 Å². The lowest BCUT2D eigenvalue weighted by atomic mass is 10.2. The van der Waals surface area contributed by atoms with Gasteiger partial charge in [-0.15, -0.1) is 0 Å². The average molecular weight is 309 g/mol. The number of anilines is 1. The highest BCUT2D eigenvalue weighted by molar-refractivity contribution is 9.10. The molecule has 0 aliphatic heterocycles. The first-order valence-corrected chi connectivity index (χ1v) is 6.27. The Balaban J connectivity index is 2.07. The maximum Gasteiger partial charge on any atom is 0.248 e. The van der Waals surface area contributed by atoms with Gasteiger partial charge in [-0.3, -0.25) is 4.79 Å². The van der Waals surface area contributed by atoms with E-state index in [1.54, 1.807) is 12.1 Å². The summed E-state index contributed by atoms with van der Waals surface area (Å²) in [6.07, 6.45) is 0. The zero-order valence-electron chi connectivity index (χ0n) is 9.81. The van der Waals surface area contributed by atoms with Crippen LogP contribution in [0.2, 0.25) is 0 Å². The van der Waals surface area contributed by atoms with Gasteiger partial charge >= 0.3 is 0 Å². The van der Waals surface area contributed by atoms with Crippen LogP contribution in [0.5, 0.6) is 0 Å².